The summed E-state index contributed by atoms with van der Waals surface area (Å²) in [7, 11) is 0. The number of nitrogen functional groups attached to an aromatic ring is 1. The van der Waals surface area contributed by atoms with E-state index in [0.29, 0.717) is 5.41 Å². The third-order valence-corrected chi connectivity index (χ3v) is 4.00. The minimum absolute atomic E-state index is 0.498. The Hall–Kier alpha value is -1.84. The standard InChI is InChI=1S/C14H18N4/c1-2-14(5-6-14)8-16-13-11-7-10(15)3-4-12(11)17-9-18-13/h3-4,7,9H,2,5-6,8,15H2,1H3,(H,16,17,18). The number of hydrogen-bond donors (Lipinski definition) is 2. The lowest BCUT2D eigenvalue weighted by atomic mass is 10.0. The molecule has 1 heterocycles. The van der Waals surface area contributed by atoms with Crippen LogP contribution in [0.2, 0.25) is 0 Å². The Morgan fingerprint density at radius 3 is 2.89 bits per heavy atom. The largest absolute Gasteiger partial charge is 0.399 e. The van der Waals surface area contributed by atoms with E-state index in [1.54, 1.807) is 6.33 Å². The molecule has 1 aliphatic rings. The van der Waals surface area contributed by atoms with Gasteiger partial charge in [-0.05, 0) is 42.9 Å². The highest BCUT2D eigenvalue weighted by Crippen LogP contribution is 2.48. The average molecular weight is 242 g/mol. The van der Waals surface area contributed by atoms with E-state index in [0.717, 1.165) is 29.0 Å². The zero-order valence-corrected chi connectivity index (χ0v) is 10.6. The van der Waals surface area contributed by atoms with Gasteiger partial charge in [-0.25, -0.2) is 9.97 Å². The molecule has 1 fully saturated rings. The molecule has 3 rings (SSSR count). The zero-order valence-electron chi connectivity index (χ0n) is 10.6. The molecule has 0 spiro atoms. The maximum absolute atomic E-state index is 5.83. The molecule has 4 nitrogen and oxygen atoms in total. The fraction of sp³-hybridized carbons (Fsp3) is 0.429. The van der Waals surface area contributed by atoms with Crippen molar-refractivity contribution in [1.29, 1.82) is 0 Å². The summed E-state index contributed by atoms with van der Waals surface area (Å²) in [6.45, 7) is 3.25. The lowest BCUT2D eigenvalue weighted by Crippen LogP contribution is -2.15. The minimum Gasteiger partial charge on any atom is -0.399 e. The van der Waals surface area contributed by atoms with Crippen LogP contribution in [0.4, 0.5) is 11.5 Å². The van der Waals surface area contributed by atoms with Gasteiger partial charge in [0.05, 0.1) is 5.52 Å². The third-order valence-electron chi connectivity index (χ3n) is 4.00. The molecule has 0 saturated heterocycles. The monoisotopic (exact) mass is 242 g/mol. The Labute approximate surface area is 107 Å². The van der Waals surface area contributed by atoms with Crippen molar-refractivity contribution in [3.63, 3.8) is 0 Å². The molecule has 1 aromatic heterocycles. The molecule has 2 aromatic rings. The Bertz CT molecular complexity index is 575. The fourth-order valence-corrected chi connectivity index (χ4v) is 2.32. The summed E-state index contributed by atoms with van der Waals surface area (Å²) in [5.74, 6) is 0.895. The van der Waals surface area contributed by atoms with Crippen LogP contribution in [0.5, 0.6) is 0 Å². The number of benzene rings is 1. The van der Waals surface area contributed by atoms with Gasteiger partial charge in [-0.15, -0.1) is 0 Å². The van der Waals surface area contributed by atoms with Crippen LogP contribution in [-0.2, 0) is 0 Å². The van der Waals surface area contributed by atoms with E-state index in [4.69, 9.17) is 5.73 Å². The maximum atomic E-state index is 5.83. The van der Waals surface area contributed by atoms with E-state index < -0.39 is 0 Å². The second-order valence-corrected chi connectivity index (χ2v) is 5.21. The van der Waals surface area contributed by atoms with Crippen molar-refractivity contribution in [3.8, 4) is 0 Å². The van der Waals surface area contributed by atoms with Crippen molar-refractivity contribution in [2.24, 2.45) is 5.41 Å². The maximum Gasteiger partial charge on any atom is 0.137 e. The average Bonchev–Trinajstić information content (AvgIpc) is 3.17. The quantitative estimate of drug-likeness (QED) is 0.809. The van der Waals surface area contributed by atoms with Gasteiger partial charge in [-0.1, -0.05) is 6.92 Å². The lowest BCUT2D eigenvalue weighted by Gasteiger charge is -2.15. The summed E-state index contributed by atoms with van der Waals surface area (Å²) in [4.78, 5) is 8.59. The Morgan fingerprint density at radius 2 is 2.17 bits per heavy atom. The number of nitrogens with zero attached hydrogens (tertiary/aromatic N) is 2. The number of rotatable bonds is 4. The zero-order chi connectivity index (χ0) is 12.6. The van der Waals surface area contributed by atoms with Gasteiger partial charge in [0.25, 0.3) is 0 Å². The Balaban J connectivity index is 1.89. The van der Waals surface area contributed by atoms with Crippen LogP contribution in [0.15, 0.2) is 24.5 Å². The van der Waals surface area contributed by atoms with E-state index in [9.17, 15) is 0 Å². The smallest absolute Gasteiger partial charge is 0.137 e. The van der Waals surface area contributed by atoms with E-state index >= 15 is 0 Å². The fourth-order valence-electron chi connectivity index (χ4n) is 2.32. The molecular weight excluding hydrogens is 224 g/mol. The van der Waals surface area contributed by atoms with E-state index in [2.05, 4.69) is 22.2 Å². The summed E-state index contributed by atoms with van der Waals surface area (Å²) in [5, 5.41) is 4.47. The number of anilines is 2. The van der Waals surface area contributed by atoms with Gasteiger partial charge in [-0.3, -0.25) is 0 Å². The van der Waals surface area contributed by atoms with Gasteiger partial charge in [0, 0.05) is 17.6 Å². The normalized spacial score (nSPS) is 16.7. The summed E-state index contributed by atoms with van der Waals surface area (Å²) in [6, 6.07) is 5.74. The highest BCUT2D eigenvalue weighted by molar-refractivity contribution is 5.91. The van der Waals surface area contributed by atoms with Crippen molar-refractivity contribution < 1.29 is 0 Å². The molecule has 0 atom stereocenters. The first-order valence-electron chi connectivity index (χ1n) is 6.47. The molecule has 1 saturated carbocycles. The summed E-state index contributed by atoms with van der Waals surface area (Å²) >= 11 is 0. The summed E-state index contributed by atoms with van der Waals surface area (Å²) < 4.78 is 0. The highest BCUT2D eigenvalue weighted by Gasteiger charge is 2.40. The second kappa shape index (κ2) is 4.12. The molecule has 18 heavy (non-hydrogen) atoms. The summed E-state index contributed by atoms with van der Waals surface area (Å²) in [6.07, 6.45) is 5.47. The Kier molecular flexibility index (Phi) is 2.58. The molecular formula is C14H18N4. The van der Waals surface area contributed by atoms with Crippen molar-refractivity contribution in [2.45, 2.75) is 26.2 Å². The predicted octanol–water partition coefficient (Wildman–Crippen LogP) is 2.81. The van der Waals surface area contributed by atoms with Gasteiger partial charge in [0.15, 0.2) is 0 Å². The Morgan fingerprint density at radius 1 is 1.33 bits per heavy atom. The van der Waals surface area contributed by atoms with Gasteiger partial charge in [0.1, 0.15) is 12.1 Å². The number of hydrogen-bond acceptors (Lipinski definition) is 4. The van der Waals surface area contributed by atoms with Crippen molar-refractivity contribution in [1.82, 2.24) is 9.97 Å². The number of nitrogens with two attached hydrogens (primary N) is 1. The van der Waals surface area contributed by atoms with Crippen molar-refractivity contribution in [2.75, 3.05) is 17.6 Å². The number of fused-ring (bicyclic) bond motifs is 1. The van der Waals surface area contributed by atoms with Crippen LogP contribution in [0, 0.1) is 5.41 Å². The van der Waals surface area contributed by atoms with Crippen molar-refractivity contribution >= 4 is 22.4 Å². The molecule has 1 aliphatic carbocycles. The van der Waals surface area contributed by atoms with E-state index in [-0.39, 0.29) is 0 Å². The van der Waals surface area contributed by atoms with Gasteiger partial charge in [-0.2, -0.15) is 0 Å². The van der Waals surface area contributed by atoms with Crippen LogP contribution in [0.3, 0.4) is 0 Å². The van der Waals surface area contributed by atoms with E-state index in [1.807, 2.05) is 18.2 Å². The molecule has 3 N–H and O–H groups in total. The second-order valence-electron chi connectivity index (χ2n) is 5.21. The SMILES string of the molecule is CCC1(CNc2ncnc3ccc(N)cc23)CC1. The van der Waals surface area contributed by atoms with Gasteiger partial charge in [0.2, 0.25) is 0 Å². The van der Waals surface area contributed by atoms with Crippen LogP contribution in [-0.4, -0.2) is 16.5 Å². The first kappa shape index (κ1) is 11.3. The molecule has 94 valence electrons. The number of nitrogens with one attached hydrogen (secondary N) is 1. The minimum atomic E-state index is 0.498. The third kappa shape index (κ3) is 1.98. The molecule has 0 aliphatic heterocycles. The van der Waals surface area contributed by atoms with Crippen LogP contribution >= 0.6 is 0 Å². The van der Waals surface area contributed by atoms with Gasteiger partial charge < -0.3 is 11.1 Å². The summed E-state index contributed by atoms with van der Waals surface area (Å²) in [5.41, 5.74) is 8.01. The lowest BCUT2D eigenvalue weighted by molar-refractivity contribution is 0.521. The highest BCUT2D eigenvalue weighted by atomic mass is 15.0. The first-order chi connectivity index (χ1) is 8.72. The first-order valence-corrected chi connectivity index (χ1v) is 6.47. The van der Waals surface area contributed by atoms with Gasteiger partial charge >= 0.3 is 0 Å². The molecule has 0 unspecified atom stereocenters. The van der Waals surface area contributed by atoms with E-state index in [1.165, 1.54) is 19.3 Å². The number of aromatic nitrogens is 2. The molecule has 0 radical (unpaired) electrons. The molecule has 4 heteroatoms. The van der Waals surface area contributed by atoms with Crippen LogP contribution in [0.1, 0.15) is 26.2 Å². The predicted molar refractivity (Wildman–Crippen MR) is 74.4 cm³/mol. The molecule has 0 amide bonds. The van der Waals surface area contributed by atoms with Crippen molar-refractivity contribution in [3.05, 3.63) is 24.5 Å². The molecule has 0 bridgehead atoms. The molecule has 1 aromatic carbocycles. The topological polar surface area (TPSA) is 63.8 Å². The van der Waals surface area contributed by atoms with Crippen LogP contribution < -0.4 is 11.1 Å². The van der Waals surface area contributed by atoms with Crippen LogP contribution in [0.25, 0.3) is 10.9 Å².